The number of rotatable bonds is 11. The summed E-state index contributed by atoms with van der Waals surface area (Å²) in [6, 6.07) is 11.7. The van der Waals surface area contributed by atoms with Gasteiger partial charge in [-0.1, -0.05) is 6.92 Å². The smallest absolute Gasteiger partial charge is 0.163 e. The minimum Gasteiger partial charge on any atom is -0.493 e. The first kappa shape index (κ1) is 27.1. The van der Waals surface area contributed by atoms with Gasteiger partial charge in [-0.05, 0) is 80.1 Å². The van der Waals surface area contributed by atoms with Gasteiger partial charge >= 0.3 is 0 Å². The molecule has 0 bridgehead atoms. The summed E-state index contributed by atoms with van der Waals surface area (Å²) < 4.78 is 30.9. The topological polar surface area (TPSA) is 98.1 Å². The largest absolute Gasteiger partial charge is 0.493 e. The van der Waals surface area contributed by atoms with Gasteiger partial charge in [0.05, 0.1) is 26.0 Å². The third kappa shape index (κ3) is 5.36. The molecule has 1 aliphatic carbocycles. The van der Waals surface area contributed by atoms with Crippen molar-refractivity contribution >= 4 is 5.78 Å². The summed E-state index contributed by atoms with van der Waals surface area (Å²) in [5.74, 6) is 1.21. The van der Waals surface area contributed by atoms with Crippen molar-refractivity contribution in [1.82, 2.24) is 4.98 Å². The molecule has 206 valence electrons. The fourth-order valence-electron chi connectivity index (χ4n) is 5.24. The van der Waals surface area contributed by atoms with Crippen LogP contribution >= 0.6 is 0 Å². The number of carbonyl (C=O) groups excluding carboxylic acids is 1. The average molecular weight is 536 g/mol. The number of hydrogen-bond acceptors (Lipinski definition) is 7. The van der Waals surface area contributed by atoms with Crippen molar-refractivity contribution < 1.29 is 33.6 Å². The quantitative estimate of drug-likeness (QED) is 0.320. The van der Waals surface area contributed by atoms with Crippen LogP contribution in [0.15, 0.2) is 42.5 Å². The van der Waals surface area contributed by atoms with E-state index in [1.54, 1.807) is 37.3 Å². The molecule has 1 saturated carbocycles. The highest BCUT2D eigenvalue weighted by Gasteiger charge is 2.47. The van der Waals surface area contributed by atoms with Crippen LogP contribution in [0.3, 0.4) is 0 Å². The summed E-state index contributed by atoms with van der Waals surface area (Å²) in [5, 5.41) is 21.1. The molecule has 0 saturated heterocycles. The first-order valence-corrected chi connectivity index (χ1v) is 13.4. The normalized spacial score (nSPS) is 17.7. The van der Waals surface area contributed by atoms with E-state index in [1.807, 2.05) is 6.07 Å². The van der Waals surface area contributed by atoms with E-state index in [0.717, 1.165) is 24.0 Å². The molecular formula is C31H34FNO6. The second-order valence-electron chi connectivity index (χ2n) is 10.5. The fraction of sp³-hybridized carbons (Fsp3) is 0.419. The maximum absolute atomic E-state index is 14.0. The fourth-order valence-corrected chi connectivity index (χ4v) is 5.24. The van der Waals surface area contributed by atoms with E-state index in [4.69, 9.17) is 24.3 Å². The summed E-state index contributed by atoms with van der Waals surface area (Å²) in [6.07, 6.45) is 2.03. The number of methoxy groups -OCH3 is 1. The molecule has 39 heavy (non-hydrogen) atoms. The molecule has 0 amide bonds. The third-order valence-electron chi connectivity index (χ3n) is 7.71. The van der Waals surface area contributed by atoms with E-state index in [1.165, 1.54) is 13.2 Å². The number of aliphatic hydroxyl groups excluding tert-OH is 1. The molecule has 2 aliphatic rings. The molecule has 2 unspecified atom stereocenters. The minimum atomic E-state index is -1.29. The van der Waals surface area contributed by atoms with Crippen molar-refractivity contribution in [2.75, 3.05) is 26.9 Å². The molecule has 8 heteroatoms. The molecule has 1 aliphatic heterocycles. The zero-order valence-electron chi connectivity index (χ0n) is 22.5. The van der Waals surface area contributed by atoms with Crippen molar-refractivity contribution in [2.24, 2.45) is 5.92 Å². The Bertz CT molecular complexity index is 1390. The predicted octanol–water partition coefficient (Wildman–Crippen LogP) is 5.33. The van der Waals surface area contributed by atoms with Gasteiger partial charge in [0.1, 0.15) is 29.5 Å². The van der Waals surface area contributed by atoms with Gasteiger partial charge in [0.25, 0.3) is 0 Å². The second-order valence-corrected chi connectivity index (χ2v) is 10.5. The Morgan fingerprint density at radius 2 is 1.97 bits per heavy atom. The van der Waals surface area contributed by atoms with Crippen molar-refractivity contribution in [2.45, 2.75) is 51.0 Å². The van der Waals surface area contributed by atoms with Gasteiger partial charge in [0, 0.05) is 29.0 Å². The molecule has 1 fully saturated rings. The van der Waals surface area contributed by atoms with Gasteiger partial charge in [-0.2, -0.15) is 0 Å². The van der Waals surface area contributed by atoms with Crippen LogP contribution in [0.4, 0.5) is 4.39 Å². The van der Waals surface area contributed by atoms with E-state index >= 15 is 0 Å². The van der Waals surface area contributed by atoms with Crippen LogP contribution in [0.1, 0.15) is 65.7 Å². The molecule has 3 aromatic rings. The summed E-state index contributed by atoms with van der Waals surface area (Å²) in [6.45, 7) is 4.27. The number of carbonyl (C=O) groups is 1. The van der Waals surface area contributed by atoms with Crippen molar-refractivity contribution in [3.8, 4) is 28.5 Å². The van der Waals surface area contributed by atoms with Gasteiger partial charge in [0.15, 0.2) is 17.3 Å². The summed E-state index contributed by atoms with van der Waals surface area (Å²) >= 11 is 0. The van der Waals surface area contributed by atoms with Crippen LogP contribution in [0.25, 0.3) is 11.3 Å². The Balaban J connectivity index is 1.45. The summed E-state index contributed by atoms with van der Waals surface area (Å²) in [4.78, 5) is 18.1. The van der Waals surface area contributed by atoms with Crippen molar-refractivity contribution in [3.63, 3.8) is 0 Å². The molecule has 1 aromatic heterocycles. The summed E-state index contributed by atoms with van der Waals surface area (Å²) in [7, 11) is 1.49. The first-order valence-electron chi connectivity index (χ1n) is 13.4. The van der Waals surface area contributed by atoms with Crippen LogP contribution < -0.4 is 14.2 Å². The molecule has 2 atom stereocenters. The molecule has 5 rings (SSSR count). The molecule has 2 heterocycles. The van der Waals surface area contributed by atoms with Crippen LogP contribution in [0.5, 0.6) is 17.2 Å². The number of aryl methyl sites for hydroxylation is 1. The SMILES string of the molecule is COc1cc(C(=O)CCC(O)(c2cc3c(c(-c4ccc(F)c(C)c4)n2)OCC3C)C2CC2)ccc1OCCO. The monoisotopic (exact) mass is 535 g/mol. The third-order valence-corrected chi connectivity index (χ3v) is 7.71. The molecular weight excluding hydrogens is 501 g/mol. The lowest BCUT2D eigenvalue weighted by molar-refractivity contribution is -0.00113. The van der Waals surface area contributed by atoms with Gasteiger partial charge in [0.2, 0.25) is 0 Å². The Morgan fingerprint density at radius 1 is 1.18 bits per heavy atom. The highest BCUT2D eigenvalue weighted by Crippen LogP contribution is 2.51. The minimum absolute atomic E-state index is 0.0000697. The highest BCUT2D eigenvalue weighted by molar-refractivity contribution is 5.96. The van der Waals surface area contributed by atoms with E-state index in [2.05, 4.69) is 6.92 Å². The number of ketones is 1. The van der Waals surface area contributed by atoms with Crippen LogP contribution in [-0.2, 0) is 5.60 Å². The van der Waals surface area contributed by atoms with Crippen molar-refractivity contribution in [3.05, 3.63) is 70.7 Å². The number of ether oxygens (including phenoxy) is 3. The second kappa shape index (κ2) is 10.9. The molecule has 0 radical (unpaired) electrons. The highest BCUT2D eigenvalue weighted by atomic mass is 19.1. The number of hydrogen-bond donors (Lipinski definition) is 2. The Morgan fingerprint density at radius 3 is 2.67 bits per heavy atom. The average Bonchev–Trinajstić information content (AvgIpc) is 3.74. The lowest BCUT2D eigenvalue weighted by Crippen LogP contribution is -2.31. The molecule has 0 spiro atoms. The lowest BCUT2D eigenvalue weighted by atomic mass is 9.84. The number of fused-ring (bicyclic) bond motifs is 1. The standard InChI is InChI=1S/C31H34FNO6/c1-18-14-21(4-8-24(18)32)29-30-23(19(2)17-39-30)16-28(33-29)31(36,22-6-7-22)11-10-25(35)20-5-9-26(38-13-12-34)27(15-20)37-3/h4-5,8-9,14-16,19,22,34,36H,6-7,10-13,17H2,1-3H3. The van der Waals surface area contributed by atoms with Crippen LogP contribution in [0.2, 0.25) is 0 Å². The van der Waals surface area contributed by atoms with E-state index in [-0.39, 0.29) is 49.5 Å². The lowest BCUT2D eigenvalue weighted by Gasteiger charge is -2.29. The van der Waals surface area contributed by atoms with Gasteiger partial charge in [-0.15, -0.1) is 0 Å². The number of Topliss-reactive ketones (excluding diaryl/α,β-unsaturated/α-hetero) is 1. The van der Waals surface area contributed by atoms with Crippen molar-refractivity contribution in [1.29, 1.82) is 0 Å². The number of aliphatic hydroxyl groups is 2. The Hall–Kier alpha value is -3.49. The zero-order chi connectivity index (χ0) is 27.7. The molecule has 2 aromatic carbocycles. The van der Waals surface area contributed by atoms with E-state index < -0.39 is 5.60 Å². The zero-order valence-corrected chi connectivity index (χ0v) is 22.5. The number of pyridine rings is 1. The number of aromatic nitrogens is 1. The summed E-state index contributed by atoms with van der Waals surface area (Å²) in [5.41, 5.74) is 2.47. The van der Waals surface area contributed by atoms with E-state index in [9.17, 15) is 14.3 Å². The number of benzene rings is 2. The first-order chi connectivity index (χ1) is 18.7. The Kier molecular flexibility index (Phi) is 7.60. The maximum Gasteiger partial charge on any atom is 0.163 e. The number of nitrogens with zero attached hydrogens (tertiary/aromatic N) is 1. The van der Waals surface area contributed by atoms with Crippen LogP contribution in [-0.4, -0.2) is 47.9 Å². The van der Waals surface area contributed by atoms with Crippen LogP contribution in [0, 0.1) is 18.7 Å². The molecule has 2 N–H and O–H groups in total. The predicted molar refractivity (Wildman–Crippen MR) is 144 cm³/mol. The van der Waals surface area contributed by atoms with Gasteiger partial charge in [-0.25, -0.2) is 9.37 Å². The van der Waals surface area contributed by atoms with E-state index in [0.29, 0.717) is 46.4 Å². The number of halogens is 1. The van der Waals surface area contributed by atoms with Gasteiger partial charge < -0.3 is 24.4 Å². The molecule has 7 nitrogen and oxygen atoms in total. The maximum atomic E-state index is 14.0. The Labute approximate surface area is 227 Å². The van der Waals surface area contributed by atoms with Gasteiger partial charge in [-0.3, -0.25) is 4.79 Å².